The smallest absolute Gasteiger partial charge is 0.115 e. The minimum absolute atomic E-state index is 0.0744. The van der Waals surface area contributed by atoms with Crippen molar-refractivity contribution in [2.75, 3.05) is 12.3 Å². The van der Waals surface area contributed by atoms with Gasteiger partial charge in [0.1, 0.15) is 11.5 Å². The van der Waals surface area contributed by atoms with Crippen LogP contribution in [0.25, 0.3) is 0 Å². The van der Waals surface area contributed by atoms with Gasteiger partial charge in [-0.05, 0) is 66.4 Å². The third-order valence-electron chi connectivity index (χ3n) is 6.65. The highest BCUT2D eigenvalue weighted by Crippen LogP contribution is 2.33. The lowest BCUT2D eigenvalue weighted by Crippen LogP contribution is -2.40. The maximum absolute atomic E-state index is 11.0. The lowest BCUT2D eigenvalue weighted by atomic mass is 9.85. The first-order chi connectivity index (χ1) is 18.0. The summed E-state index contributed by atoms with van der Waals surface area (Å²) >= 11 is 1.67. The highest BCUT2D eigenvalue weighted by Gasteiger charge is 2.24. The minimum atomic E-state index is -0.475. The quantitative estimate of drug-likeness (QED) is 0.185. The van der Waals surface area contributed by atoms with Gasteiger partial charge in [0.25, 0.3) is 0 Å². The maximum Gasteiger partial charge on any atom is 0.115 e. The second-order valence-corrected chi connectivity index (χ2v) is 10.6. The van der Waals surface area contributed by atoms with E-state index >= 15 is 0 Å². The van der Waals surface area contributed by atoms with Crippen molar-refractivity contribution < 1.29 is 15.3 Å². The molecule has 0 aliphatic heterocycles. The molecule has 0 aliphatic carbocycles. The van der Waals surface area contributed by atoms with Gasteiger partial charge in [0.2, 0.25) is 0 Å². The molecule has 192 valence electrons. The molecule has 0 fully saturated rings. The molecule has 0 saturated carbocycles. The summed E-state index contributed by atoms with van der Waals surface area (Å²) in [6.07, 6.45) is 0.346. The van der Waals surface area contributed by atoms with E-state index in [4.69, 9.17) is 0 Å². The molecule has 0 amide bonds. The van der Waals surface area contributed by atoms with E-state index in [9.17, 15) is 15.3 Å². The Bertz CT molecular complexity index is 1160. The molecule has 37 heavy (non-hydrogen) atoms. The number of hydrogen-bond acceptors (Lipinski definition) is 5. The van der Waals surface area contributed by atoms with Crippen LogP contribution in [0.2, 0.25) is 0 Å². The van der Waals surface area contributed by atoms with Crippen LogP contribution in [0.1, 0.15) is 36.0 Å². The molecule has 3 N–H and O–H groups in total. The van der Waals surface area contributed by atoms with Crippen LogP contribution in [0.15, 0.2) is 114 Å². The third-order valence-corrected chi connectivity index (χ3v) is 7.81. The van der Waals surface area contributed by atoms with Crippen LogP contribution in [-0.4, -0.2) is 44.7 Å². The van der Waals surface area contributed by atoms with E-state index in [0.717, 1.165) is 29.0 Å². The van der Waals surface area contributed by atoms with Crippen LogP contribution in [0.4, 0.5) is 0 Å². The van der Waals surface area contributed by atoms with Crippen molar-refractivity contribution in [3.05, 3.63) is 126 Å². The molecule has 4 aromatic carbocycles. The number of hydrogen-bond donors (Lipinski definition) is 3. The predicted octanol–water partition coefficient (Wildman–Crippen LogP) is 6.66. The number of nitrogens with zero attached hydrogens (tertiary/aromatic N) is 1. The zero-order valence-corrected chi connectivity index (χ0v) is 22.0. The monoisotopic (exact) mass is 513 g/mol. The van der Waals surface area contributed by atoms with Crippen LogP contribution in [-0.2, 0) is 6.54 Å². The number of aromatic hydroxyl groups is 2. The van der Waals surface area contributed by atoms with Gasteiger partial charge in [-0.15, -0.1) is 11.8 Å². The third kappa shape index (κ3) is 8.12. The zero-order valence-electron chi connectivity index (χ0n) is 21.1. The average molecular weight is 514 g/mol. The molecular formula is C32H35NO3S. The zero-order chi connectivity index (χ0) is 26.0. The number of benzene rings is 4. The molecule has 4 rings (SSSR count). The van der Waals surface area contributed by atoms with Crippen LogP contribution < -0.4 is 0 Å². The van der Waals surface area contributed by atoms with Crippen molar-refractivity contribution in [3.63, 3.8) is 0 Å². The van der Waals surface area contributed by atoms with Crippen molar-refractivity contribution in [1.82, 2.24) is 4.90 Å². The molecule has 0 saturated heterocycles. The van der Waals surface area contributed by atoms with Crippen molar-refractivity contribution in [1.29, 1.82) is 0 Å². The summed E-state index contributed by atoms with van der Waals surface area (Å²) in [5.74, 6) is 1.18. The van der Waals surface area contributed by atoms with Crippen LogP contribution >= 0.6 is 11.8 Å². The number of phenolic OH excluding ortho intramolecular Hbond substituents is 2. The maximum atomic E-state index is 11.0. The van der Waals surface area contributed by atoms with Gasteiger partial charge < -0.3 is 15.3 Å². The summed E-state index contributed by atoms with van der Waals surface area (Å²) in [7, 11) is 0. The number of aliphatic hydroxyl groups excluding tert-OH is 1. The summed E-state index contributed by atoms with van der Waals surface area (Å²) in [4.78, 5) is 3.52. The Morgan fingerprint density at radius 2 is 1.22 bits per heavy atom. The highest BCUT2D eigenvalue weighted by molar-refractivity contribution is 7.99. The van der Waals surface area contributed by atoms with E-state index < -0.39 is 6.10 Å². The molecule has 0 unspecified atom stereocenters. The topological polar surface area (TPSA) is 63.9 Å². The standard InChI is InChI=1S/C32H35NO3S/c1-24(20-32(26-12-16-28(34)17-13-26)27-14-18-29(35)19-15-27)33(21-25-8-4-2-5-9-25)22-30(36)23-37-31-10-6-3-7-11-31/h2-19,24,30,32,34-36H,20-23H2,1H3/t24-,30-/m0/s1. The predicted molar refractivity (Wildman–Crippen MR) is 152 cm³/mol. The van der Waals surface area contributed by atoms with Crippen molar-refractivity contribution in [2.24, 2.45) is 0 Å². The van der Waals surface area contributed by atoms with Gasteiger partial charge in [0.05, 0.1) is 6.10 Å². The minimum Gasteiger partial charge on any atom is -0.508 e. The van der Waals surface area contributed by atoms with E-state index in [0.29, 0.717) is 12.3 Å². The fourth-order valence-electron chi connectivity index (χ4n) is 4.62. The molecule has 0 bridgehead atoms. The SMILES string of the molecule is C[C@@H](CC(c1ccc(O)cc1)c1ccc(O)cc1)N(Cc1ccccc1)C[C@H](O)CSc1ccccc1. The molecule has 4 nitrogen and oxygen atoms in total. The number of thioether (sulfide) groups is 1. The van der Waals surface area contributed by atoms with Gasteiger partial charge in [-0.1, -0.05) is 72.8 Å². The van der Waals surface area contributed by atoms with E-state index in [-0.39, 0.29) is 23.5 Å². The first kappa shape index (κ1) is 26.8. The van der Waals surface area contributed by atoms with Gasteiger partial charge >= 0.3 is 0 Å². The Balaban J connectivity index is 1.53. The Morgan fingerprint density at radius 1 is 0.703 bits per heavy atom. The van der Waals surface area contributed by atoms with E-state index in [1.807, 2.05) is 48.5 Å². The molecule has 4 aromatic rings. The van der Waals surface area contributed by atoms with Crippen LogP contribution in [0, 0.1) is 0 Å². The molecule has 0 aromatic heterocycles. The fraction of sp³-hybridized carbons (Fsp3) is 0.250. The van der Waals surface area contributed by atoms with Crippen LogP contribution in [0.3, 0.4) is 0 Å². The lowest BCUT2D eigenvalue weighted by molar-refractivity contribution is 0.0956. The van der Waals surface area contributed by atoms with Gasteiger partial charge in [-0.25, -0.2) is 0 Å². The molecule has 0 aliphatic rings. The summed E-state index contributed by atoms with van der Waals surface area (Å²) < 4.78 is 0. The second-order valence-electron chi connectivity index (χ2n) is 9.51. The number of aliphatic hydroxyl groups is 1. The molecule has 0 radical (unpaired) electrons. The summed E-state index contributed by atoms with van der Waals surface area (Å²) in [6, 6.07) is 35.5. The Kier molecular flexibility index (Phi) is 9.66. The van der Waals surface area contributed by atoms with Gasteiger partial charge in [-0.3, -0.25) is 4.90 Å². The van der Waals surface area contributed by atoms with Gasteiger partial charge in [-0.2, -0.15) is 0 Å². The summed E-state index contributed by atoms with van der Waals surface area (Å²) in [5.41, 5.74) is 3.42. The van der Waals surface area contributed by atoms with Crippen molar-refractivity contribution in [2.45, 2.75) is 42.8 Å². The summed E-state index contributed by atoms with van der Waals surface area (Å²) in [5, 5.41) is 30.7. The largest absolute Gasteiger partial charge is 0.508 e. The Morgan fingerprint density at radius 3 is 1.76 bits per heavy atom. The van der Waals surface area contributed by atoms with E-state index in [1.54, 1.807) is 36.0 Å². The van der Waals surface area contributed by atoms with Gasteiger partial charge in [0.15, 0.2) is 0 Å². The first-order valence-corrected chi connectivity index (χ1v) is 13.7. The van der Waals surface area contributed by atoms with Crippen molar-refractivity contribution >= 4 is 11.8 Å². The van der Waals surface area contributed by atoms with Crippen LogP contribution in [0.5, 0.6) is 11.5 Å². The van der Waals surface area contributed by atoms with Gasteiger partial charge in [0, 0.05) is 35.7 Å². The molecule has 0 heterocycles. The summed E-state index contributed by atoms with van der Waals surface area (Å²) in [6.45, 7) is 3.52. The highest BCUT2D eigenvalue weighted by atomic mass is 32.2. The normalized spacial score (nSPS) is 13.1. The van der Waals surface area contributed by atoms with E-state index in [1.165, 1.54) is 5.56 Å². The van der Waals surface area contributed by atoms with E-state index in [2.05, 4.69) is 48.2 Å². The Labute approximate surface area is 224 Å². The molecule has 0 spiro atoms. The molecule has 2 atom stereocenters. The molecule has 5 heteroatoms. The second kappa shape index (κ2) is 13.3. The Hall–Kier alpha value is -3.25. The average Bonchev–Trinajstić information content (AvgIpc) is 2.92. The first-order valence-electron chi connectivity index (χ1n) is 12.7. The number of phenols is 2. The fourth-order valence-corrected chi connectivity index (χ4v) is 5.46. The van der Waals surface area contributed by atoms with Crippen molar-refractivity contribution in [3.8, 4) is 11.5 Å². The molecular weight excluding hydrogens is 478 g/mol. The number of rotatable bonds is 12. The lowest BCUT2D eigenvalue weighted by Gasteiger charge is -2.34.